The van der Waals surface area contributed by atoms with Crippen LogP contribution in [0.4, 0.5) is 5.69 Å². The van der Waals surface area contributed by atoms with E-state index < -0.39 is 22.3 Å². The Labute approximate surface area is 164 Å². The largest absolute Gasteiger partial charge is 0.285 e. The lowest BCUT2D eigenvalue weighted by Gasteiger charge is -2.35. The van der Waals surface area contributed by atoms with E-state index in [0.717, 1.165) is 17.0 Å². The second kappa shape index (κ2) is 8.21. The molecule has 148 valence electrons. The van der Waals surface area contributed by atoms with E-state index in [0.29, 0.717) is 11.1 Å². The topological polar surface area (TPSA) is 92.6 Å². The number of rotatable bonds is 4. The molecule has 0 fully saturated rings. The molecule has 7 heteroatoms. The number of benzene rings is 2. The highest BCUT2D eigenvalue weighted by molar-refractivity contribution is 6.02. The van der Waals surface area contributed by atoms with Crippen LogP contribution in [0.2, 0.25) is 0 Å². The van der Waals surface area contributed by atoms with Crippen molar-refractivity contribution in [2.24, 2.45) is 0 Å². The quantitative estimate of drug-likeness (QED) is 0.637. The molecule has 0 aliphatic rings. The molecule has 1 N–H and O–H groups in total. The lowest BCUT2D eigenvalue weighted by atomic mass is 10.0. The fraction of sp³-hybridized carbons (Fsp3) is 0.333. The zero-order valence-corrected chi connectivity index (χ0v) is 16.8. The smallest absolute Gasteiger partial charge is 0.267 e. The molecule has 28 heavy (non-hydrogen) atoms. The SMILES string of the molecule is CCc1ccc(C(=O)NN(C(=O)c2cccc(C)c2[N+](=O)[O-])C(C)(C)C)cc1. The summed E-state index contributed by atoms with van der Waals surface area (Å²) in [4.78, 5) is 36.7. The first-order valence-corrected chi connectivity index (χ1v) is 9.04. The van der Waals surface area contributed by atoms with Crippen molar-refractivity contribution in [3.05, 3.63) is 74.8 Å². The number of amides is 2. The molecule has 0 saturated carbocycles. The lowest BCUT2D eigenvalue weighted by Crippen LogP contribution is -2.56. The van der Waals surface area contributed by atoms with Gasteiger partial charge in [-0.15, -0.1) is 0 Å². The molecule has 0 saturated heterocycles. The summed E-state index contributed by atoms with van der Waals surface area (Å²) in [5.41, 5.74) is 3.36. The maximum absolute atomic E-state index is 13.1. The summed E-state index contributed by atoms with van der Waals surface area (Å²) in [5.74, 6) is -1.09. The molecule has 0 aliphatic carbocycles. The third kappa shape index (κ3) is 4.54. The Morgan fingerprint density at radius 2 is 1.71 bits per heavy atom. The van der Waals surface area contributed by atoms with Gasteiger partial charge in [0.2, 0.25) is 0 Å². The minimum Gasteiger partial charge on any atom is -0.267 e. The summed E-state index contributed by atoms with van der Waals surface area (Å²) < 4.78 is 0. The highest BCUT2D eigenvalue weighted by Gasteiger charge is 2.34. The molecule has 0 spiro atoms. The van der Waals surface area contributed by atoms with Gasteiger partial charge in [-0.25, -0.2) is 5.01 Å². The average Bonchev–Trinajstić information content (AvgIpc) is 2.64. The standard InChI is InChI=1S/C21H25N3O4/c1-6-15-10-12-16(13-11-15)19(25)22-23(21(3,4)5)20(26)17-9-7-8-14(2)18(17)24(27)28/h7-13H,6H2,1-5H3,(H,22,25). The van der Waals surface area contributed by atoms with Gasteiger partial charge >= 0.3 is 0 Å². The van der Waals surface area contributed by atoms with Gasteiger partial charge in [0.1, 0.15) is 5.56 Å². The number of aryl methyl sites for hydroxylation is 2. The molecule has 2 rings (SSSR count). The Bertz CT molecular complexity index is 899. The fourth-order valence-corrected chi connectivity index (χ4v) is 2.78. The van der Waals surface area contributed by atoms with E-state index in [1.807, 2.05) is 19.1 Å². The van der Waals surface area contributed by atoms with E-state index in [1.165, 1.54) is 6.07 Å². The molecular weight excluding hydrogens is 358 g/mol. The maximum atomic E-state index is 13.1. The average molecular weight is 383 g/mol. The van der Waals surface area contributed by atoms with Crippen molar-refractivity contribution in [2.45, 2.75) is 46.6 Å². The number of carbonyl (C=O) groups is 2. The third-order valence-electron chi connectivity index (χ3n) is 4.36. The maximum Gasteiger partial charge on any atom is 0.285 e. The zero-order valence-electron chi connectivity index (χ0n) is 16.8. The van der Waals surface area contributed by atoms with Crippen molar-refractivity contribution in [2.75, 3.05) is 0 Å². The summed E-state index contributed by atoms with van der Waals surface area (Å²) in [7, 11) is 0. The molecule has 0 aromatic heterocycles. The van der Waals surface area contributed by atoms with Crippen molar-refractivity contribution in [3.8, 4) is 0 Å². The van der Waals surface area contributed by atoms with Crippen LogP contribution in [0.1, 0.15) is 59.5 Å². The monoisotopic (exact) mass is 383 g/mol. The predicted octanol–water partition coefficient (Wildman–Crippen LogP) is 4.05. The molecule has 2 aromatic rings. The van der Waals surface area contributed by atoms with Crippen molar-refractivity contribution >= 4 is 17.5 Å². The summed E-state index contributed by atoms with van der Waals surface area (Å²) >= 11 is 0. The third-order valence-corrected chi connectivity index (χ3v) is 4.36. The molecular formula is C21H25N3O4. The van der Waals surface area contributed by atoms with E-state index in [4.69, 9.17) is 0 Å². The van der Waals surface area contributed by atoms with Crippen LogP contribution in [0.15, 0.2) is 42.5 Å². The molecule has 0 atom stereocenters. The van der Waals surface area contributed by atoms with Crippen molar-refractivity contribution in [3.63, 3.8) is 0 Å². The van der Waals surface area contributed by atoms with E-state index in [-0.39, 0.29) is 11.3 Å². The van der Waals surface area contributed by atoms with Gasteiger partial charge in [0.25, 0.3) is 17.5 Å². The summed E-state index contributed by atoms with van der Waals surface area (Å²) in [5, 5.41) is 12.6. The lowest BCUT2D eigenvalue weighted by molar-refractivity contribution is -0.385. The van der Waals surface area contributed by atoms with Crippen LogP contribution in [-0.2, 0) is 6.42 Å². The van der Waals surface area contributed by atoms with Crippen LogP contribution in [0.3, 0.4) is 0 Å². The Morgan fingerprint density at radius 3 is 2.21 bits per heavy atom. The fourth-order valence-electron chi connectivity index (χ4n) is 2.78. The molecule has 0 unspecified atom stereocenters. The van der Waals surface area contributed by atoms with Crippen molar-refractivity contribution in [1.29, 1.82) is 0 Å². The number of nitrogens with one attached hydrogen (secondary N) is 1. The number of hydrogen-bond donors (Lipinski definition) is 1. The van der Waals surface area contributed by atoms with Crippen LogP contribution >= 0.6 is 0 Å². The molecule has 7 nitrogen and oxygen atoms in total. The van der Waals surface area contributed by atoms with Crippen LogP contribution < -0.4 is 5.43 Å². The summed E-state index contributed by atoms with van der Waals surface area (Å²) in [6.07, 6.45) is 0.853. The Balaban J connectivity index is 2.39. The number of carbonyl (C=O) groups excluding carboxylic acids is 2. The second-order valence-corrected chi connectivity index (χ2v) is 7.53. The molecule has 0 aliphatic heterocycles. The Morgan fingerprint density at radius 1 is 1.11 bits per heavy atom. The van der Waals surface area contributed by atoms with Gasteiger partial charge in [0, 0.05) is 11.1 Å². The summed E-state index contributed by atoms with van der Waals surface area (Å²) in [6, 6.07) is 11.6. The van der Waals surface area contributed by atoms with Gasteiger partial charge in [-0.2, -0.15) is 0 Å². The van der Waals surface area contributed by atoms with E-state index in [9.17, 15) is 19.7 Å². The minimum absolute atomic E-state index is 0.0680. The Kier molecular flexibility index (Phi) is 6.18. The first-order chi connectivity index (χ1) is 13.1. The first-order valence-electron chi connectivity index (χ1n) is 9.04. The van der Waals surface area contributed by atoms with Crippen LogP contribution in [0, 0.1) is 17.0 Å². The van der Waals surface area contributed by atoms with Crippen molar-refractivity contribution in [1.82, 2.24) is 10.4 Å². The molecule has 0 heterocycles. The van der Waals surface area contributed by atoms with E-state index in [1.54, 1.807) is 52.0 Å². The Hall–Kier alpha value is -3.22. The van der Waals surface area contributed by atoms with E-state index in [2.05, 4.69) is 5.43 Å². The van der Waals surface area contributed by atoms with Gasteiger partial charge in [0.05, 0.1) is 10.5 Å². The second-order valence-electron chi connectivity index (χ2n) is 7.53. The summed E-state index contributed by atoms with van der Waals surface area (Å²) in [6.45, 7) is 8.82. The number of nitro benzene ring substituents is 1. The van der Waals surface area contributed by atoms with Crippen molar-refractivity contribution < 1.29 is 14.5 Å². The molecule has 0 bridgehead atoms. The molecule has 2 amide bonds. The van der Waals surface area contributed by atoms with Crippen LogP contribution in [0.5, 0.6) is 0 Å². The normalized spacial score (nSPS) is 11.0. The molecule has 0 radical (unpaired) electrons. The van der Waals surface area contributed by atoms with Gasteiger partial charge in [-0.3, -0.25) is 25.1 Å². The van der Waals surface area contributed by atoms with Gasteiger partial charge in [0.15, 0.2) is 0 Å². The first kappa shape index (κ1) is 21.1. The van der Waals surface area contributed by atoms with E-state index >= 15 is 0 Å². The van der Waals surface area contributed by atoms with Gasteiger partial charge in [-0.05, 0) is 57.9 Å². The number of nitrogens with zero attached hydrogens (tertiary/aromatic N) is 2. The number of hydrazine groups is 1. The van der Waals surface area contributed by atoms with Gasteiger partial charge < -0.3 is 0 Å². The number of nitro groups is 1. The minimum atomic E-state index is -0.798. The number of hydrogen-bond acceptors (Lipinski definition) is 4. The predicted molar refractivity (Wildman–Crippen MR) is 107 cm³/mol. The molecule has 2 aromatic carbocycles. The highest BCUT2D eigenvalue weighted by atomic mass is 16.6. The van der Waals surface area contributed by atoms with Crippen LogP contribution in [0.25, 0.3) is 0 Å². The van der Waals surface area contributed by atoms with Crippen LogP contribution in [-0.4, -0.2) is 27.3 Å². The highest BCUT2D eigenvalue weighted by Crippen LogP contribution is 2.26. The number of para-hydroxylation sites is 1. The van der Waals surface area contributed by atoms with Gasteiger partial charge in [-0.1, -0.05) is 31.2 Å². The zero-order chi connectivity index (χ0) is 21.1.